The van der Waals surface area contributed by atoms with Crippen molar-refractivity contribution in [3.63, 3.8) is 0 Å². The van der Waals surface area contributed by atoms with Crippen molar-refractivity contribution in [1.82, 2.24) is 4.98 Å². The van der Waals surface area contributed by atoms with Crippen molar-refractivity contribution >= 4 is 38.7 Å². The lowest BCUT2D eigenvalue weighted by Crippen LogP contribution is -2.11. The highest BCUT2D eigenvalue weighted by Gasteiger charge is 2.25. The molecular formula is C49H30N2. The van der Waals surface area contributed by atoms with Crippen molar-refractivity contribution in [2.75, 3.05) is 4.90 Å². The Balaban J connectivity index is 1.20. The Hall–Kier alpha value is -6.77. The highest BCUT2D eigenvalue weighted by Crippen LogP contribution is 2.52. The van der Waals surface area contributed by atoms with Gasteiger partial charge in [0.1, 0.15) is 5.82 Å². The van der Waals surface area contributed by atoms with Crippen molar-refractivity contribution in [2.24, 2.45) is 0 Å². The van der Waals surface area contributed by atoms with E-state index < -0.39 is 0 Å². The number of pyridine rings is 1. The normalized spacial score (nSPS) is 11.9. The van der Waals surface area contributed by atoms with E-state index >= 15 is 0 Å². The summed E-state index contributed by atoms with van der Waals surface area (Å²) in [6.07, 6.45) is 1.87. The predicted molar refractivity (Wildman–Crippen MR) is 214 cm³/mol. The van der Waals surface area contributed by atoms with Crippen LogP contribution in [0.5, 0.6) is 0 Å². The number of anilines is 3. The number of hydrogen-bond donors (Lipinski definition) is 0. The third-order valence-electron chi connectivity index (χ3n) is 10.8. The molecule has 1 heterocycles. The molecule has 0 saturated carbocycles. The average molecular weight is 647 g/mol. The molecule has 0 N–H and O–H groups in total. The molecule has 0 amide bonds. The molecule has 51 heavy (non-hydrogen) atoms. The quantitative estimate of drug-likeness (QED) is 0.185. The van der Waals surface area contributed by atoms with E-state index in [4.69, 9.17) is 4.98 Å². The zero-order valence-corrected chi connectivity index (χ0v) is 27.7. The van der Waals surface area contributed by atoms with Gasteiger partial charge < -0.3 is 0 Å². The number of nitrogens with zero attached hydrogens (tertiary/aromatic N) is 2. The number of para-hydroxylation sites is 1. The molecule has 0 fully saturated rings. The molecule has 1 aromatic heterocycles. The summed E-state index contributed by atoms with van der Waals surface area (Å²) in [7, 11) is 0. The Bertz CT molecular complexity index is 2600. The number of hydrogen-bond acceptors (Lipinski definition) is 2. The second-order valence-corrected chi connectivity index (χ2v) is 13.5. The first-order valence-corrected chi connectivity index (χ1v) is 17.5. The molecule has 11 rings (SSSR count). The van der Waals surface area contributed by atoms with Gasteiger partial charge in [-0.15, -0.1) is 0 Å². The molecule has 0 aliphatic heterocycles. The van der Waals surface area contributed by atoms with Gasteiger partial charge in [-0.3, -0.25) is 4.90 Å². The van der Waals surface area contributed by atoms with Crippen LogP contribution >= 0.6 is 0 Å². The Labute approximate surface area is 296 Å². The maximum Gasteiger partial charge on any atom is 0.137 e. The van der Waals surface area contributed by atoms with Gasteiger partial charge in [0.05, 0.1) is 0 Å². The summed E-state index contributed by atoms with van der Waals surface area (Å²) in [4.78, 5) is 7.15. The molecule has 236 valence electrons. The number of fused-ring (bicyclic) bond motifs is 6. The number of benzene rings is 8. The van der Waals surface area contributed by atoms with E-state index in [0.717, 1.165) is 17.2 Å². The maximum atomic E-state index is 4.87. The fourth-order valence-electron chi connectivity index (χ4n) is 8.65. The first kappa shape index (κ1) is 28.1. The van der Waals surface area contributed by atoms with Crippen molar-refractivity contribution in [2.45, 2.75) is 0 Å². The minimum absolute atomic E-state index is 0.874. The molecule has 0 radical (unpaired) electrons. The van der Waals surface area contributed by atoms with Crippen molar-refractivity contribution < 1.29 is 0 Å². The van der Waals surface area contributed by atoms with Gasteiger partial charge in [0.15, 0.2) is 0 Å². The minimum Gasteiger partial charge on any atom is -0.295 e. The molecule has 0 spiro atoms. The zero-order valence-electron chi connectivity index (χ0n) is 27.7. The summed E-state index contributed by atoms with van der Waals surface area (Å²) < 4.78 is 0. The Morgan fingerprint density at radius 3 is 1.27 bits per heavy atom. The van der Waals surface area contributed by atoms with Gasteiger partial charge in [0.25, 0.3) is 0 Å². The number of aromatic nitrogens is 1. The first-order valence-electron chi connectivity index (χ1n) is 17.5. The second kappa shape index (κ2) is 10.9. The van der Waals surface area contributed by atoms with Gasteiger partial charge in [-0.05, 0) is 131 Å². The van der Waals surface area contributed by atoms with Crippen LogP contribution in [0.1, 0.15) is 0 Å². The fourth-order valence-corrected chi connectivity index (χ4v) is 8.65. The molecule has 8 aromatic carbocycles. The predicted octanol–water partition coefficient (Wildman–Crippen LogP) is 13.5. The van der Waals surface area contributed by atoms with Gasteiger partial charge in [-0.2, -0.15) is 0 Å². The highest BCUT2D eigenvalue weighted by atomic mass is 15.2. The maximum absolute atomic E-state index is 4.87. The third kappa shape index (κ3) is 4.14. The van der Waals surface area contributed by atoms with Crippen LogP contribution < -0.4 is 4.90 Å². The van der Waals surface area contributed by atoms with Crippen molar-refractivity contribution in [3.8, 4) is 66.8 Å². The smallest absolute Gasteiger partial charge is 0.137 e. The molecule has 9 aromatic rings. The lowest BCUT2D eigenvalue weighted by atomic mass is 9.90. The second-order valence-electron chi connectivity index (χ2n) is 13.5. The Morgan fingerprint density at radius 1 is 0.314 bits per heavy atom. The lowest BCUT2D eigenvalue weighted by molar-refractivity contribution is 1.18. The molecule has 2 nitrogen and oxygen atoms in total. The summed E-state index contributed by atoms with van der Waals surface area (Å²) in [6.45, 7) is 0. The van der Waals surface area contributed by atoms with E-state index in [1.165, 1.54) is 88.3 Å². The largest absolute Gasteiger partial charge is 0.295 e. The van der Waals surface area contributed by atoms with E-state index in [1.54, 1.807) is 0 Å². The van der Waals surface area contributed by atoms with E-state index in [-0.39, 0.29) is 0 Å². The molecule has 0 bridgehead atoms. The Kier molecular flexibility index (Phi) is 5.99. The average Bonchev–Trinajstić information content (AvgIpc) is 3.71. The van der Waals surface area contributed by atoms with Gasteiger partial charge in [0, 0.05) is 17.6 Å². The number of rotatable bonds is 5. The highest BCUT2D eigenvalue weighted by molar-refractivity contribution is 6.20. The first-order chi connectivity index (χ1) is 25.3. The van der Waals surface area contributed by atoms with Crippen LogP contribution in [0.15, 0.2) is 182 Å². The van der Waals surface area contributed by atoms with Crippen molar-refractivity contribution in [1.29, 1.82) is 0 Å². The summed E-state index contributed by atoms with van der Waals surface area (Å²) >= 11 is 0. The monoisotopic (exact) mass is 646 g/mol. The SMILES string of the molecule is c1ccc(N(c2cc(-c3ccc4c5c(cccc35)-c3ccccc3-4)cc(-c3ccc4c5c(cccc35)-c3ccccc3-4)c2)c2ccccn2)cc1. The molecule has 0 saturated heterocycles. The molecule has 2 aliphatic rings. The molecule has 2 heteroatoms. The third-order valence-corrected chi connectivity index (χ3v) is 10.8. The topological polar surface area (TPSA) is 16.1 Å². The summed E-state index contributed by atoms with van der Waals surface area (Å²) in [5.41, 5.74) is 17.4. The molecule has 0 atom stereocenters. The van der Waals surface area contributed by atoms with Crippen LogP contribution in [0, 0.1) is 0 Å². The lowest BCUT2D eigenvalue weighted by Gasteiger charge is -2.26. The molecule has 0 unspecified atom stereocenters. The minimum atomic E-state index is 0.874. The van der Waals surface area contributed by atoms with Gasteiger partial charge in [-0.1, -0.05) is 133 Å². The zero-order chi connectivity index (χ0) is 33.5. The van der Waals surface area contributed by atoms with Crippen molar-refractivity contribution in [3.05, 3.63) is 182 Å². The van der Waals surface area contributed by atoms with Crippen LogP contribution in [0.4, 0.5) is 17.2 Å². The molecular weight excluding hydrogens is 617 g/mol. The standard InChI is InChI=1S/C49H30N2/c1-2-12-33(13-3-1)51(47-22-8-9-27-50-47)34-29-31(35-23-25-45-39-16-6-4-14-37(39)43-20-10-18-41(35)48(43)45)28-32(30-34)36-24-26-46-40-17-7-5-15-38(40)44-21-11-19-42(36)49(44)46/h1-30H. The van der Waals surface area contributed by atoms with Gasteiger partial charge in [0.2, 0.25) is 0 Å². The van der Waals surface area contributed by atoms with E-state index in [1.807, 2.05) is 12.3 Å². The van der Waals surface area contributed by atoms with Crippen LogP contribution in [0.25, 0.3) is 88.3 Å². The molecule has 2 aliphatic carbocycles. The van der Waals surface area contributed by atoms with Gasteiger partial charge >= 0.3 is 0 Å². The van der Waals surface area contributed by atoms with Gasteiger partial charge in [-0.25, -0.2) is 4.98 Å². The van der Waals surface area contributed by atoms with Crippen LogP contribution in [0.2, 0.25) is 0 Å². The van der Waals surface area contributed by atoms with Crippen LogP contribution in [0.3, 0.4) is 0 Å². The summed E-state index contributed by atoms with van der Waals surface area (Å²) in [5.74, 6) is 0.874. The van der Waals surface area contributed by atoms with Crippen LogP contribution in [-0.4, -0.2) is 4.98 Å². The van der Waals surface area contributed by atoms with E-state index in [0.29, 0.717) is 0 Å². The summed E-state index contributed by atoms with van der Waals surface area (Å²) in [6, 6.07) is 64.2. The fraction of sp³-hybridized carbons (Fsp3) is 0. The Morgan fingerprint density at radius 2 is 0.765 bits per heavy atom. The summed E-state index contributed by atoms with van der Waals surface area (Å²) in [5, 5.41) is 5.19. The van der Waals surface area contributed by atoms with E-state index in [2.05, 4.69) is 175 Å². The van der Waals surface area contributed by atoms with Crippen LogP contribution in [-0.2, 0) is 0 Å². The van der Waals surface area contributed by atoms with E-state index in [9.17, 15) is 0 Å².